The molecule has 3 rings (SSSR count). The number of hydrogen-bond donors (Lipinski definition) is 1. The van der Waals surface area contributed by atoms with Crippen LogP contribution in [-0.2, 0) is 11.2 Å². The second-order valence-electron chi connectivity index (χ2n) is 6.63. The van der Waals surface area contributed by atoms with E-state index in [1.54, 1.807) is 18.3 Å². The average molecular weight is 345 g/mol. The first-order valence-electron chi connectivity index (χ1n) is 8.78. The maximum Gasteiger partial charge on any atom is 0.223 e. The first-order valence-corrected chi connectivity index (χ1v) is 8.78. The molecule has 0 bridgehead atoms. The van der Waals surface area contributed by atoms with Gasteiger partial charge < -0.3 is 15.1 Å². The first-order chi connectivity index (χ1) is 12.1. The number of amides is 1. The summed E-state index contributed by atoms with van der Waals surface area (Å²) < 4.78 is 18.7. The van der Waals surface area contributed by atoms with Gasteiger partial charge in [-0.05, 0) is 43.0 Å². The summed E-state index contributed by atoms with van der Waals surface area (Å²) in [5.41, 5.74) is 6.62. The minimum absolute atomic E-state index is 0.100. The highest BCUT2D eigenvalue weighted by atomic mass is 19.1. The summed E-state index contributed by atoms with van der Waals surface area (Å²) in [6, 6.07) is 6.18. The van der Waals surface area contributed by atoms with Crippen molar-refractivity contribution in [3.63, 3.8) is 0 Å². The fourth-order valence-corrected chi connectivity index (χ4v) is 3.45. The topological polar surface area (TPSA) is 72.4 Å². The Hall–Kier alpha value is -2.21. The van der Waals surface area contributed by atoms with Crippen LogP contribution in [0.4, 0.5) is 4.39 Å². The molecule has 2 N–H and O–H groups in total. The number of rotatable bonds is 5. The van der Waals surface area contributed by atoms with Gasteiger partial charge in [0, 0.05) is 37.5 Å². The quantitative estimate of drug-likeness (QED) is 0.904. The summed E-state index contributed by atoms with van der Waals surface area (Å²) in [5.74, 6) is 1.34. The lowest BCUT2D eigenvalue weighted by atomic mass is 9.90. The number of aryl methyl sites for hydroxylation is 1. The van der Waals surface area contributed by atoms with Crippen molar-refractivity contribution in [3.8, 4) is 11.3 Å². The van der Waals surface area contributed by atoms with E-state index in [0.29, 0.717) is 37.0 Å². The fourth-order valence-electron chi connectivity index (χ4n) is 3.45. The lowest BCUT2D eigenvalue weighted by Crippen LogP contribution is -2.51. The molecule has 2 aromatic rings. The summed E-state index contributed by atoms with van der Waals surface area (Å²) in [4.78, 5) is 18.7. The van der Waals surface area contributed by atoms with E-state index in [-0.39, 0.29) is 17.8 Å². The molecule has 134 valence electrons. The van der Waals surface area contributed by atoms with Gasteiger partial charge in [-0.2, -0.15) is 0 Å². The van der Waals surface area contributed by atoms with E-state index in [1.807, 2.05) is 4.90 Å². The number of carbonyl (C=O) groups is 1. The van der Waals surface area contributed by atoms with E-state index < -0.39 is 0 Å². The molecule has 1 fully saturated rings. The third-order valence-corrected chi connectivity index (χ3v) is 4.91. The van der Waals surface area contributed by atoms with Gasteiger partial charge in [-0.1, -0.05) is 6.92 Å². The molecule has 2 unspecified atom stereocenters. The van der Waals surface area contributed by atoms with Gasteiger partial charge in [0.2, 0.25) is 5.91 Å². The van der Waals surface area contributed by atoms with Crippen LogP contribution < -0.4 is 5.73 Å². The third-order valence-electron chi connectivity index (χ3n) is 4.91. The Morgan fingerprint density at radius 2 is 2.16 bits per heavy atom. The molecule has 0 saturated carbocycles. The van der Waals surface area contributed by atoms with Gasteiger partial charge >= 0.3 is 0 Å². The predicted octanol–water partition coefficient (Wildman–Crippen LogP) is 3.00. The van der Waals surface area contributed by atoms with Crippen molar-refractivity contribution < 1.29 is 13.6 Å². The maximum atomic E-state index is 13.0. The van der Waals surface area contributed by atoms with Crippen molar-refractivity contribution in [3.05, 3.63) is 42.2 Å². The number of oxazole rings is 1. The number of hydrogen-bond acceptors (Lipinski definition) is 4. The van der Waals surface area contributed by atoms with Gasteiger partial charge in [-0.3, -0.25) is 4.79 Å². The van der Waals surface area contributed by atoms with Gasteiger partial charge in [0.15, 0.2) is 11.7 Å². The number of carbonyl (C=O) groups excluding carboxylic acids is 1. The first kappa shape index (κ1) is 17.6. The number of piperidine rings is 1. The number of benzene rings is 1. The Balaban J connectivity index is 1.60. The molecule has 6 heteroatoms. The molecule has 1 aromatic carbocycles. The second kappa shape index (κ2) is 7.78. The summed E-state index contributed by atoms with van der Waals surface area (Å²) in [6.07, 6.45) is 4.55. The van der Waals surface area contributed by atoms with Crippen LogP contribution in [-0.4, -0.2) is 34.9 Å². The van der Waals surface area contributed by atoms with Gasteiger partial charge in [0.05, 0.1) is 6.20 Å². The van der Waals surface area contributed by atoms with Crippen LogP contribution in [0.15, 0.2) is 34.9 Å². The van der Waals surface area contributed by atoms with E-state index in [4.69, 9.17) is 10.2 Å². The molecule has 1 aromatic heterocycles. The predicted molar refractivity (Wildman–Crippen MR) is 93.2 cm³/mol. The Labute approximate surface area is 147 Å². The zero-order valence-corrected chi connectivity index (χ0v) is 14.5. The smallest absolute Gasteiger partial charge is 0.223 e. The van der Waals surface area contributed by atoms with Crippen molar-refractivity contribution in [1.82, 2.24) is 9.88 Å². The van der Waals surface area contributed by atoms with Crippen molar-refractivity contribution in [1.29, 1.82) is 0 Å². The molecule has 1 aliphatic rings. The Morgan fingerprint density at radius 3 is 2.88 bits per heavy atom. The number of aromatic nitrogens is 1. The van der Waals surface area contributed by atoms with E-state index in [9.17, 15) is 9.18 Å². The standard InChI is InChI=1S/C19H24FN3O2/c1-13-3-2-10-23(16(13)11-21)19(24)9-8-18-22-12-17(25-18)14-4-6-15(20)7-5-14/h4-7,12-13,16H,2-3,8-11,21H2,1H3. The molecular formula is C19H24FN3O2. The van der Waals surface area contributed by atoms with Gasteiger partial charge in [0.1, 0.15) is 5.82 Å². The highest BCUT2D eigenvalue weighted by Crippen LogP contribution is 2.24. The molecule has 0 radical (unpaired) electrons. The van der Waals surface area contributed by atoms with E-state index in [1.165, 1.54) is 12.1 Å². The molecule has 1 amide bonds. The van der Waals surface area contributed by atoms with Crippen molar-refractivity contribution >= 4 is 5.91 Å². The summed E-state index contributed by atoms with van der Waals surface area (Å²) in [5, 5.41) is 0. The monoisotopic (exact) mass is 345 g/mol. The van der Waals surface area contributed by atoms with Crippen LogP contribution in [0.3, 0.4) is 0 Å². The van der Waals surface area contributed by atoms with Gasteiger partial charge in [-0.25, -0.2) is 9.37 Å². The highest BCUT2D eigenvalue weighted by Gasteiger charge is 2.30. The lowest BCUT2D eigenvalue weighted by molar-refractivity contribution is -0.136. The Kier molecular flexibility index (Phi) is 5.48. The molecule has 2 heterocycles. The summed E-state index contributed by atoms with van der Waals surface area (Å²) in [6.45, 7) is 3.43. The van der Waals surface area contributed by atoms with Crippen molar-refractivity contribution in [2.75, 3.05) is 13.1 Å². The van der Waals surface area contributed by atoms with Crippen LogP contribution >= 0.6 is 0 Å². The van der Waals surface area contributed by atoms with Crippen LogP contribution in [0.1, 0.15) is 32.1 Å². The maximum absolute atomic E-state index is 13.0. The number of nitrogens with two attached hydrogens (primary N) is 1. The number of nitrogens with zero attached hydrogens (tertiary/aromatic N) is 2. The number of likely N-dealkylation sites (tertiary alicyclic amines) is 1. The molecule has 5 nitrogen and oxygen atoms in total. The van der Waals surface area contributed by atoms with Crippen molar-refractivity contribution in [2.24, 2.45) is 11.7 Å². The molecule has 0 aliphatic carbocycles. The van der Waals surface area contributed by atoms with Crippen LogP contribution in [0.25, 0.3) is 11.3 Å². The molecule has 1 saturated heterocycles. The Morgan fingerprint density at radius 1 is 1.40 bits per heavy atom. The SMILES string of the molecule is CC1CCCN(C(=O)CCc2ncc(-c3ccc(F)cc3)o2)C1CN. The largest absolute Gasteiger partial charge is 0.441 e. The van der Waals surface area contributed by atoms with E-state index in [0.717, 1.165) is 24.9 Å². The molecule has 25 heavy (non-hydrogen) atoms. The van der Waals surface area contributed by atoms with Crippen LogP contribution in [0.5, 0.6) is 0 Å². The fraction of sp³-hybridized carbons (Fsp3) is 0.474. The minimum Gasteiger partial charge on any atom is -0.441 e. The normalized spacial score (nSPS) is 20.7. The number of halogens is 1. The van der Waals surface area contributed by atoms with E-state index in [2.05, 4.69) is 11.9 Å². The van der Waals surface area contributed by atoms with Crippen LogP contribution in [0.2, 0.25) is 0 Å². The summed E-state index contributed by atoms with van der Waals surface area (Å²) in [7, 11) is 0. The van der Waals surface area contributed by atoms with E-state index >= 15 is 0 Å². The highest BCUT2D eigenvalue weighted by molar-refractivity contribution is 5.77. The zero-order chi connectivity index (χ0) is 17.8. The van der Waals surface area contributed by atoms with Crippen LogP contribution in [0, 0.1) is 11.7 Å². The Bertz CT molecular complexity index is 714. The average Bonchev–Trinajstić information content (AvgIpc) is 3.09. The zero-order valence-electron chi connectivity index (χ0n) is 14.5. The summed E-state index contributed by atoms with van der Waals surface area (Å²) >= 11 is 0. The third kappa shape index (κ3) is 4.07. The molecule has 0 spiro atoms. The second-order valence-corrected chi connectivity index (χ2v) is 6.63. The minimum atomic E-state index is -0.292. The molecule has 2 atom stereocenters. The molecular weight excluding hydrogens is 321 g/mol. The van der Waals surface area contributed by atoms with Gasteiger partial charge in [-0.15, -0.1) is 0 Å². The van der Waals surface area contributed by atoms with Crippen molar-refractivity contribution in [2.45, 2.75) is 38.6 Å². The van der Waals surface area contributed by atoms with Gasteiger partial charge in [0.25, 0.3) is 0 Å². The molecule has 1 aliphatic heterocycles. The lowest BCUT2D eigenvalue weighted by Gasteiger charge is -2.39.